The highest BCUT2D eigenvalue weighted by Gasteiger charge is 1.81. The number of hydrogen-bond acceptors (Lipinski definition) is 2. The van der Waals surface area contributed by atoms with Gasteiger partial charge < -0.3 is 10.5 Å². The van der Waals surface area contributed by atoms with Crippen molar-refractivity contribution in [3.63, 3.8) is 0 Å². The summed E-state index contributed by atoms with van der Waals surface area (Å²) in [6.07, 6.45) is 3.28. The molecule has 0 saturated heterocycles. The van der Waals surface area contributed by atoms with Crippen molar-refractivity contribution in [2.24, 2.45) is 5.73 Å². The van der Waals surface area contributed by atoms with Gasteiger partial charge in [0.25, 0.3) is 0 Å². The third kappa shape index (κ3) is 4.75. The molecule has 0 rings (SSSR count). The zero-order valence-electron chi connectivity index (χ0n) is 4.33. The van der Waals surface area contributed by atoms with Crippen LogP contribution < -0.4 is 5.73 Å². The van der Waals surface area contributed by atoms with Crippen molar-refractivity contribution in [2.75, 3.05) is 0 Å². The molecule has 0 radical (unpaired) electrons. The van der Waals surface area contributed by atoms with E-state index in [1.807, 2.05) is 0 Å². The van der Waals surface area contributed by atoms with Crippen LogP contribution in [-0.4, -0.2) is 6.09 Å². The summed E-state index contributed by atoms with van der Waals surface area (Å²) in [5, 5.41) is 0. The van der Waals surface area contributed by atoms with Crippen molar-refractivity contribution in [2.45, 2.75) is 0 Å². The van der Waals surface area contributed by atoms with Gasteiger partial charge in [0.1, 0.15) is 0 Å². The Labute approximate surface area is 47.4 Å². The summed E-state index contributed by atoms with van der Waals surface area (Å²) in [6.45, 7) is 3.34. The molecule has 3 nitrogen and oxygen atoms in total. The number of carbonyl (C=O) groups is 1. The van der Waals surface area contributed by atoms with E-state index in [0.717, 1.165) is 6.26 Å². The van der Waals surface area contributed by atoms with Crippen LogP contribution in [0.15, 0.2) is 25.0 Å². The minimum Gasteiger partial charge on any atom is -0.418 e. The number of rotatable bonds is 2. The number of hydrogen-bond donors (Lipinski definition) is 1. The molecule has 0 unspecified atom stereocenters. The normalized spacial score (nSPS) is 9.00. The van der Waals surface area contributed by atoms with E-state index in [2.05, 4.69) is 17.0 Å². The average Bonchev–Trinajstić information content (AvgIpc) is 1.66. The summed E-state index contributed by atoms with van der Waals surface area (Å²) in [7, 11) is 0. The molecule has 0 aromatic carbocycles. The number of allylic oxidation sites excluding steroid dienone is 2. The molecule has 0 bridgehead atoms. The first-order valence-electron chi connectivity index (χ1n) is 2.01. The van der Waals surface area contributed by atoms with E-state index in [-0.39, 0.29) is 0 Å². The Morgan fingerprint density at radius 2 is 2.38 bits per heavy atom. The van der Waals surface area contributed by atoms with Crippen molar-refractivity contribution in [1.29, 1.82) is 0 Å². The SMILES string of the molecule is C=CC=COC(N)=O. The summed E-state index contributed by atoms with van der Waals surface area (Å²) in [5.41, 5.74) is 4.59. The second kappa shape index (κ2) is 3.92. The van der Waals surface area contributed by atoms with E-state index in [4.69, 9.17) is 0 Å². The van der Waals surface area contributed by atoms with Gasteiger partial charge in [-0.3, -0.25) is 0 Å². The molecule has 0 aliphatic heterocycles. The number of nitrogens with two attached hydrogens (primary N) is 1. The lowest BCUT2D eigenvalue weighted by Crippen LogP contribution is -2.08. The average molecular weight is 113 g/mol. The van der Waals surface area contributed by atoms with Crippen molar-refractivity contribution in [1.82, 2.24) is 0 Å². The lowest BCUT2D eigenvalue weighted by Gasteiger charge is -1.85. The Hall–Kier alpha value is -1.25. The molecule has 0 aromatic rings. The van der Waals surface area contributed by atoms with Gasteiger partial charge in [-0.1, -0.05) is 12.7 Å². The molecule has 0 aliphatic carbocycles. The molecule has 3 heteroatoms. The molecular weight excluding hydrogens is 106 g/mol. The van der Waals surface area contributed by atoms with E-state index >= 15 is 0 Å². The van der Waals surface area contributed by atoms with Crippen molar-refractivity contribution in [3.05, 3.63) is 25.0 Å². The first kappa shape index (κ1) is 6.75. The number of amides is 1. The lowest BCUT2D eigenvalue weighted by atomic mass is 10.6. The molecule has 0 fully saturated rings. The fourth-order valence-electron chi connectivity index (χ4n) is 0.162. The van der Waals surface area contributed by atoms with Gasteiger partial charge in [-0.25, -0.2) is 4.79 Å². The zero-order valence-corrected chi connectivity index (χ0v) is 4.33. The van der Waals surface area contributed by atoms with Crippen LogP contribution in [0.1, 0.15) is 0 Å². The van der Waals surface area contributed by atoms with Crippen LogP contribution in [0.5, 0.6) is 0 Å². The standard InChI is InChI=1S/C5H7NO2/c1-2-3-4-8-5(6)7/h2-4H,1H2,(H2,6,7). The van der Waals surface area contributed by atoms with Gasteiger partial charge >= 0.3 is 6.09 Å². The van der Waals surface area contributed by atoms with Gasteiger partial charge in [-0.15, -0.1) is 0 Å². The topological polar surface area (TPSA) is 52.3 Å². The van der Waals surface area contributed by atoms with E-state index in [1.165, 1.54) is 12.2 Å². The fourth-order valence-corrected chi connectivity index (χ4v) is 0.162. The van der Waals surface area contributed by atoms with Crippen LogP contribution in [0.2, 0.25) is 0 Å². The molecule has 1 amide bonds. The van der Waals surface area contributed by atoms with Crippen LogP contribution in [-0.2, 0) is 4.74 Å². The predicted molar refractivity (Wildman–Crippen MR) is 30.0 cm³/mol. The van der Waals surface area contributed by atoms with Gasteiger partial charge in [0.05, 0.1) is 6.26 Å². The Morgan fingerprint density at radius 3 is 2.75 bits per heavy atom. The number of primary amides is 1. The molecular formula is C5H7NO2. The molecule has 0 aromatic heterocycles. The van der Waals surface area contributed by atoms with E-state index in [1.54, 1.807) is 0 Å². The van der Waals surface area contributed by atoms with Crippen LogP contribution >= 0.6 is 0 Å². The third-order valence-electron chi connectivity index (χ3n) is 0.399. The maximum Gasteiger partial charge on any atom is 0.409 e. The van der Waals surface area contributed by atoms with Crippen LogP contribution in [0.3, 0.4) is 0 Å². The second-order valence-corrected chi connectivity index (χ2v) is 1.00. The molecule has 2 N–H and O–H groups in total. The number of carbonyl (C=O) groups excluding carboxylic acids is 1. The Morgan fingerprint density at radius 1 is 1.75 bits per heavy atom. The van der Waals surface area contributed by atoms with Gasteiger partial charge in [0.15, 0.2) is 0 Å². The summed E-state index contributed by atoms with van der Waals surface area (Å²) in [4.78, 5) is 9.79. The maximum atomic E-state index is 9.79. The molecule has 0 aliphatic rings. The summed E-state index contributed by atoms with van der Waals surface area (Å²) in [6, 6.07) is 0. The maximum absolute atomic E-state index is 9.79. The summed E-state index contributed by atoms with van der Waals surface area (Å²) >= 11 is 0. The highest BCUT2D eigenvalue weighted by Crippen LogP contribution is 1.75. The molecule has 0 atom stereocenters. The fraction of sp³-hybridized carbons (Fsp3) is 0. The van der Waals surface area contributed by atoms with Gasteiger partial charge in [-0.2, -0.15) is 0 Å². The third-order valence-corrected chi connectivity index (χ3v) is 0.399. The minimum absolute atomic E-state index is 0.817. The Bertz CT molecular complexity index is 118. The van der Waals surface area contributed by atoms with Crippen molar-refractivity contribution >= 4 is 6.09 Å². The molecule has 8 heavy (non-hydrogen) atoms. The first-order chi connectivity index (χ1) is 3.77. The van der Waals surface area contributed by atoms with Crippen molar-refractivity contribution < 1.29 is 9.53 Å². The van der Waals surface area contributed by atoms with Gasteiger partial charge in [-0.05, 0) is 6.08 Å². The number of ether oxygens (including phenoxy) is 1. The molecule has 0 heterocycles. The quantitative estimate of drug-likeness (QED) is 0.425. The predicted octanol–water partition coefficient (Wildman–Crippen LogP) is 0.781. The van der Waals surface area contributed by atoms with E-state index < -0.39 is 6.09 Å². The molecule has 0 spiro atoms. The first-order valence-corrected chi connectivity index (χ1v) is 2.01. The monoisotopic (exact) mass is 113 g/mol. The van der Waals surface area contributed by atoms with Crippen LogP contribution in [0, 0.1) is 0 Å². The highest BCUT2D eigenvalue weighted by molar-refractivity contribution is 5.65. The summed E-state index contributed by atoms with van der Waals surface area (Å²) < 4.78 is 4.17. The minimum atomic E-state index is -0.817. The Balaban J connectivity index is 3.29. The lowest BCUT2D eigenvalue weighted by molar-refractivity contribution is 0.196. The van der Waals surface area contributed by atoms with Crippen LogP contribution in [0.4, 0.5) is 4.79 Å². The van der Waals surface area contributed by atoms with Gasteiger partial charge in [0.2, 0.25) is 0 Å². The Kier molecular flexibility index (Phi) is 3.31. The second-order valence-electron chi connectivity index (χ2n) is 1.00. The largest absolute Gasteiger partial charge is 0.418 e. The van der Waals surface area contributed by atoms with E-state index in [0.29, 0.717) is 0 Å². The molecule has 44 valence electrons. The van der Waals surface area contributed by atoms with Crippen LogP contribution in [0.25, 0.3) is 0 Å². The van der Waals surface area contributed by atoms with E-state index in [9.17, 15) is 4.79 Å². The summed E-state index contributed by atoms with van der Waals surface area (Å²) in [5.74, 6) is 0. The van der Waals surface area contributed by atoms with Gasteiger partial charge in [0, 0.05) is 0 Å². The molecule has 0 saturated carbocycles. The van der Waals surface area contributed by atoms with Crippen molar-refractivity contribution in [3.8, 4) is 0 Å². The zero-order chi connectivity index (χ0) is 6.41. The highest BCUT2D eigenvalue weighted by atomic mass is 16.5. The smallest absolute Gasteiger partial charge is 0.409 e.